The molecule has 0 saturated heterocycles. The summed E-state index contributed by atoms with van der Waals surface area (Å²) >= 11 is 1.23. The summed E-state index contributed by atoms with van der Waals surface area (Å²) in [5.41, 5.74) is 2.28. The summed E-state index contributed by atoms with van der Waals surface area (Å²) in [4.78, 5) is 14.9. The maximum absolute atomic E-state index is 10.7. The summed E-state index contributed by atoms with van der Waals surface area (Å²) < 4.78 is 1.95. The highest BCUT2D eigenvalue weighted by Crippen LogP contribution is 2.26. The van der Waals surface area contributed by atoms with Crippen LogP contribution in [0.2, 0.25) is 0 Å². The van der Waals surface area contributed by atoms with Crippen molar-refractivity contribution in [1.29, 1.82) is 0 Å². The molecule has 0 amide bonds. The first-order valence-corrected chi connectivity index (χ1v) is 7.05. The zero-order valence-corrected chi connectivity index (χ0v) is 11.7. The Bertz CT molecular complexity index is 578. The van der Waals surface area contributed by atoms with Gasteiger partial charge < -0.3 is 5.11 Å². The number of nitrogens with zero attached hydrogens (tertiary/aromatic N) is 2. The molecule has 5 heteroatoms. The minimum absolute atomic E-state index is 0.0147. The number of para-hydroxylation sites is 1. The predicted octanol–water partition coefficient (Wildman–Crippen LogP) is 3.17. The summed E-state index contributed by atoms with van der Waals surface area (Å²) in [6, 6.07) is 8.11. The average molecular weight is 276 g/mol. The van der Waals surface area contributed by atoms with Gasteiger partial charge in [-0.25, -0.2) is 4.98 Å². The molecule has 0 atom stereocenters. The number of carboxylic acid groups (broad SMARTS) is 1. The fourth-order valence-corrected chi connectivity index (χ4v) is 2.59. The molecule has 2 rings (SSSR count). The molecule has 0 bridgehead atoms. The van der Waals surface area contributed by atoms with Crippen LogP contribution in [0.25, 0.3) is 5.69 Å². The summed E-state index contributed by atoms with van der Waals surface area (Å²) in [5, 5.41) is 9.46. The van der Waals surface area contributed by atoms with E-state index in [9.17, 15) is 4.79 Å². The number of rotatable bonds is 5. The minimum Gasteiger partial charge on any atom is -0.481 e. The molecule has 1 aromatic heterocycles. The Kier molecular flexibility index (Phi) is 4.27. The summed E-state index contributed by atoms with van der Waals surface area (Å²) in [6.45, 7) is 4.28. The number of benzene rings is 1. The molecular weight excluding hydrogens is 260 g/mol. The van der Waals surface area contributed by atoms with E-state index in [1.54, 1.807) is 6.20 Å². The van der Waals surface area contributed by atoms with Crippen molar-refractivity contribution in [1.82, 2.24) is 9.55 Å². The number of imidazole rings is 1. The fraction of sp³-hybridized carbons (Fsp3) is 0.286. The Morgan fingerprint density at radius 3 is 2.84 bits per heavy atom. The smallest absolute Gasteiger partial charge is 0.313 e. The second-order valence-corrected chi connectivity index (χ2v) is 5.42. The number of aromatic nitrogens is 2. The summed E-state index contributed by atoms with van der Waals surface area (Å²) in [6.07, 6.45) is 3.56. The van der Waals surface area contributed by atoms with Gasteiger partial charge in [0.15, 0.2) is 5.16 Å². The van der Waals surface area contributed by atoms with Gasteiger partial charge in [0, 0.05) is 12.4 Å². The molecular formula is C14H16N2O2S. The third-order valence-electron chi connectivity index (χ3n) is 2.75. The number of thioether (sulfide) groups is 1. The van der Waals surface area contributed by atoms with Crippen LogP contribution in [0.15, 0.2) is 41.8 Å². The standard InChI is InChI=1S/C14H16N2O2S/c1-10(2)11-5-3-4-6-12(11)16-8-7-15-14(16)19-9-13(17)18/h3-8,10H,9H2,1-2H3,(H,17,18). The Labute approximate surface area is 116 Å². The molecule has 0 saturated carbocycles. The van der Waals surface area contributed by atoms with Gasteiger partial charge >= 0.3 is 5.97 Å². The number of aliphatic carboxylic acids is 1. The van der Waals surface area contributed by atoms with E-state index < -0.39 is 5.97 Å². The first kappa shape index (κ1) is 13.7. The Morgan fingerprint density at radius 2 is 2.16 bits per heavy atom. The fourth-order valence-electron chi connectivity index (χ4n) is 1.90. The molecule has 0 spiro atoms. The highest BCUT2D eigenvalue weighted by atomic mass is 32.2. The highest BCUT2D eigenvalue weighted by molar-refractivity contribution is 7.99. The van der Waals surface area contributed by atoms with E-state index in [0.717, 1.165) is 5.69 Å². The van der Waals surface area contributed by atoms with Gasteiger partial charge in [-0.3, -0.25) is 9.36 Å². The maximum atomic E-state index is 10.7. The molecule has 0 aliphatic rings. The van der Waals surface area contributed by atoms with Crippen LogP contribution >= 0.6 is 11.8 Å². The Balaban J connectivity index is 2.37. The van der Waals surface area contributed by atoms with Gasteiger partial charge in [-0.2, -0.15) is 0 Å². The lowest BCUT2D eigenvalue weighted by molar-refractivity contribution is -0.133. The third kappa shape index (κ3) is 3.17. The number of carbonyl (C=O) groups is 1. The first-order chi connectivity index (χ1) is 9.09. The van der Waals surface area contributed by atoms with Crippen LogP contribution in [0.5, 0.6) is 0 Å². The Morgan fingerprint density at radius 1 is 1.42 bits per heavy atom. The van der Waals surface area contributed by atoms with Crippen molar-refractivity contribution in [2.75, 3.05) is 5.75 Å². The van der Waals surface area contributed by atoms with E-state index in [-0.39, 0.29) is 5.75 Å². The van der Waals surface area contributed by atoms with Crippen molar-refractivity contribution in [2.24, 2.45) is 0 Å². The van der Waals surface area contributed by atoms with Crippen LogP contribution in [0, 0.1) is 0 Å². The molecule has 19 heavy (non-hydrogen) atoms. The van der Waals surface area contributed by atoms with E-state index in [1.807, 2.05) is 29.0 Å². The molecule has 2 aromatic rings. The molecule has 0 radical (unpaired) electrons. The van der Waals surface area contributed by atoms with E-state index in [4.69, 9.17) is 5.11 Å². The zero-order chi connectivity index (χ0) is 13.8. The van der Waals surface area contributed by atoms with Crippen molar-refractivity contribution in [3.05, 3.63) is 42.2 Å². The normalized spacial score (nSPS) is 10.9. The van der Waals surface area contributed by atoms with Crippen molar-refractivity contribution in [3.63, 3.8) is 0 Å². The van der Waals surface area contributed by atoms with Gasteiger partial charge in [0.05, 0.1) is 11.4 Å². The second kappa shape index (κ2) is 5.93. The highest BCUT2D eigenvalue weighted by Gasteiger charge is 2.12. The minimum atomic E-state index is -0.836. The maximum Gasteiger partial charge on any atom is 0.313 e. The van der Waals surface area contributed by atoms with Crippen LogP contribution in [0.3, 0.4) is 0 Å². The van der Waals surface area contributed by atoms with E-state index in [2.05, 4.69) is 24.9 Å². The molecule has 0 aliphatic carbocycles. The van der Waals surface area contributed by atoms with Crippen LogP contribution in [-0.2, 0) is 4.79 Å². The van der Waals surface area contributed by atoms with Crippen molar-refractivity contribution in [2.45, 2.75) is 24.9 Å². The van der Waals surface area contributed by atoms with Crippen LogP contribution < -0.4 is 0 Å². The number of carboxylic acids is 1. The monoisotopic (exact) mass is 276 g/mol. The van der Waals surface area contributed by atoms with Crippen LogP contribution in [0.1, 0.15) is 25.3 Å². The van der Waals surface area contributed by atoms with Gasteiger partial charge in [-0.1, -0.05) is 43.8 Å². The number of hydrogen-bond donors (Lipinski definition) is 1. The van der Waals surface area contributed by atoms with Gasteiger partial charge in [0.25, 0.3) is 0 Å². The number of hydrogen-bond acceptors (Lipinski definition) is 3. The average Bonchev–Trinajstić information content (AvgIpc) is 2.84. The molecule has 0 unspecified atom stereocenters. The topological polar surface area (TPSA) is 55.1 Å². The molecule has 1 aromatic carbocycles. The molecule has 0 fully saturated rings. The summed E-state index contributed by atoms with van der Waals surface area (Å²) in [7, 11) is 0. The van der Waals surface area contributed by atoms with Crippen LogP contribution in [-0.4, -0.2) is 26.4 Å². The Hall–Kier alpha value is -1.75. The molecule has 0 aliphatic heterocycles. The second-order valence-electron chi connectivity index (χ2n) is 4.48. The molecule has 4 nitrogen and oxygen atoms in total. The molecule has 1 N–H and O–H groups in total. The lowest BCUT2D eigenvalue weighted by atomic mass is 10.0. The van der Waals surface area contributed by atoms with E-state index in [1.165, 1.54) is 17.3 Å². The lowest BCUT2D eigenvalue weighted by Crippen LogP contribution is -2.04. The predicted molar refractivity (Wildman–Crippen MR) is 76.0 cm³/mol. The molecule has 100 valence electrons. The van der Waals surface area contributed by atoms with Crippen molar-refractivity contribution >= 4 is 17.7 Å². The lowest BCUT2D eigenvalue weighted by Gasteiger charge is -2.14. The quantitative estimate of drug-likeness (QED) is 0.852. The van der Waals surface area contributed by atoms with Crippen molar-refractivity contribution in [3.8, 4) is 5.69 Å². The van der Waals surface area contributed by atoms with Gasteiger partial charge in [-0.15, -0.1) is 0 Å². The SMILES string of the molecule is CC(C)c1ccccc1-n1ccnc1SCC(=O)O. The first-order valence-electron chi connectivity index (χ1n) is 6.07. The molecule has 1 heterocycles. The van der Waals surface area contributed by atoms with Gasteiger partial charge in [0.2, 0.25) is 0 Å². The van der Waals surface area contributed by atoms with Gasteiger partial charge in [0.1, 0.15) is 0 Å². The van der Waals surface area contributed by atoms with Gasteiger partial charge in [-0.05, 0) is 17.5 Å². The third-order valence-corrected chi connectivity index (χ3v) is 3.70. The van der Waals surface area contributed by atoms with Crippen molar-refractivity contribution < 1.29 is 9.90 Å². The van der Waals surface area contributed by atoms with E-state index >= 15 is 0 Å². The van der Waals surface area contributed by atoms with Crippen LogP contribution in [0.4, 0.5) is 0 Å². The largest absolute Gasteiger partial charge is 0.481 e. The summed E-state index contributed by atoms with van der Waals surface area (Å²) in [5.74, 6) is -0.423. The zero-order valence-electron chi connectivity index (χ0n) is 10.9. The van der Waals surface area contributed by atoms with E-state index in [0.29, 0.717) is 11.1 Å².